The molecule has 0 bridgehead atoms. The van der Waals surface area contributed by atoms with Gasteiger partial charge in [0.15, 0.2) is 0 Å². The fraction of sp³-hybridized carbons (Fsp3) is 0.359. The van der Waals surface area contributed by atoms with Crippen LogP contribution in [0.25, 0.3) is 22.9 Å². The lowest BCUT2D eigenvalue weighted by atomic mass is 9.97. The molecule has 0 aliphatic carbocycles. The molecule has 0 aromatic heterocycles. The highest BCUT2D eigenvalue weighted by atomic mass is 32.2. The molecule has 0 saturated heterocycles. The molecule has 1 aliphatic rings. The molecule has 0 spiro atoms. The van der Waals surface area contributed by atoms with Gasteiger partial charge < -0.3 is 15.6 Å². The van der Waals surface area contributed by atoms with E-state index in [0.717, 1.165) is 73.1 Å². The third-order valence-electron chi connectivity index (χ3n) is 8.78. The van der Waals surface area contributed by atoms with Crippen LogP contribution in [0.2, 0.25) is 0 Å². The van der Waals surface area contributed by atoms with Crippen molar-refractivity contribution < 1.29 is 9.35 Å². The Morgan fingerprint density at radius 2 is 1.67 bits per heavy atom. The van der Waals surface area contributed by atoms with Gasteiger partial charge in [0.1, 0.15) is 5.41 Å². The SMILES string of the molecule is CC=C1CCN([S@@+]([O-])/C=C/c2c(C)cc(N(C)C(N)=O)cc2C)CCCC/C(C)=C(\c2cccc(-c3ccc(CCC)cc3)c2)N1. The molecular formula is C39H50N4O2S. The first-order valence-corrected chi connectivity index (χ1v) is 17.6. The van der Waals surface area contributed by atoms with Crippen LogP contribution < -0.4 is 16.0 Å². The minimum atomic E-state index is -1.28. The van der Waals surface area contributed by atoms with Gasteiger partial charge in [-0.15, -0.1) is 4.31 Å². The number of nitrogens with two attached hydrogens (primary N) is 1. The predicted octanol–water partition coefficient (Wildman–Crippen LogP) is 8.87. The van der Waals surface area contributed by atoms with Crippen LogP contribution >= 0.6 is 0 Å². The molecule has 3 aromatic rings. The molecule has 1 atom stereocenters. The second-order valence-electron chi connectivity index (χ2n) is 12.2. The number of allylic oxidation sites excluding steroid dienone is 2. The molecule has 1 heterocycles. The summed E-state index contributed by atoms with van der Waals surface area (Å²) >= 11 is -1.28. The van der Waals surface area contributed by atoms with Crippen molar-refractivity contribution >= 4 is 34.9 Å². The predicted molar refractivity (Wildman–Crippen MR) is 196 cm³/mol. The molecule has 3 aromatic carbocycles. The molecular weight excluding hydrogens is 589 g/mol. The zero-order valence-electron chi connectivity index (χ0n) is 28.4. The van der Waals surface area contributed by atoms with Crippen molar-refractivity contribution in [2.24, 2.45) is 5.73 Å². The highest BCUT2D eigenvalue weighted by Crippen LogP contribution is 2.29. The van der Waals surface area contributed by atoms with Crippen LogP contribution in [0, 0.1) is 13.8 Å². The van der Waals surface area contributed by atoms with Gasteiger partial charge >= 0.3 is 6.03 Å². The van der Waals surface area contributed by atoms with Crippen LogP contribution in [0.3, 0.4) is 0 Å². The number of hydrogen-bond donors (Lipinski definition) is 2. The smallest absolute Gasteiger partial charge is 0.318 e. The molecule has 3 N–H and O–H groups in total. The number of rotatable bonds is 8. The molecule has 46 heavy (non-hydrogen) atoms. The van der Waals surface area contributed by atoms with Gasteiger partial charge in [0.05, 0.1) is 17.9 Å². The number of nitrogens with zero attached hydrogens (tertiary/aromatic N) is 2. The average molecular weight is 639 g/mol. The Labute approximate surface area is 279 Å². The van der Waals surface area contributed by atoms with Gasteiger partial charge in [0, 0.05) is 37.1 Å². The van der Waals surface area contributed by atoms with Crippen molar-refractivity contribution in [3.05, 3.63) is 111 Å². The van der Waals surface area contributed by atoms with E-state index >= 15 is 0 Å². The van der Waals surface area contributed by atoms with Crippen LogP contribution in [-0.2, 0) is 17.8 Å². The van der Waals surface area contributed by atoms with Gasteiger partial charge in [-0.2, -0.15) is 0 Å². The molecule has 244 valence electrons. The van der Waals surface area contributed by atoms with E-state index in [1.54, 1.807) is 12.5 Å². The van der Waals surface area contributed by atoms with E-state index in [0.29, 0.717) is 6.54 Å². The standard InChI is InChI=1S/C39H50N4O2S/c1-7-12-31-16-18-32(19-17-31)33-14-11-15-34(27-33)38-28(3)13-9-10-22-43(23-20-35(8-2)41-38)46(45)24-21-37-29(4)25-36(26-30(37)5)42(6)39(40)44/h8,11,14-19,21,24-27,41H,7,9-10,12-13,20,22-23H2,1-6H3,(H2,40,44)/b24-21+,35-8?,38-28+/t46-/m0/s1. The molecule has 0 fully saturated rings. The number of aryl methyl sites for hydroxylation is 3. The minimum Gasteiger partial charge on any atom is -0.593 e. The Morgan fingerprint density at radius 1 is 0.978 bits per heavy atom. The van der Waals surface area contributed by atoms with E-state index in [-0.39, 0.29) is 0 Å². The summed E-state index contributed by atoms with van der Waals surface area (Å²) in [6.45, 7) is 12.0. The van der Waals surface area contributed by atoms with Crippen LogP contribution in [-0.4, -0.2) is 35.0 Å². The third kappa shape index (κ3) is 9.15. The summed E-state index contributed by atoms with van der Waals surface area (Å²) in [6.07, 6.45) is 10.1. The van der Waals surface area contributed by atoms with E-state index in [4.69, 9.17) is 5.73 Å². The lowest BCUT2D eigenvalue weighted by Gasteiger charge is -2.23. The maximum absolute atomic E-state index is 13.6. The van der Waals surface area contributed by atoms with E-state index < -0.39 is 17.4 Å². The number of benzene rings is 3. The fourth-order valence-corrected chi connectivity index (χ4v) is 6.96. The summed E-state index contributed by atoms with van der Waals surface area (Å²) in [5.74, 6) is 0. The average Bonchev–Trinajstić information content (AvgIpc) is 3.08. The van der Waals surface area contributed by atoms with Gasteiger partial charge in [0.2, 0.25) is 0 Å². The number of carbonyl (C=O) groups is 1. The summed E-state index contributed by atoms with van der Waals surface area (Å²) in [4.78, 5) is 13.1. The summed E-state index contributed by atoms with van der Waals surface area (Å²) in [5, 5.41) is 5.58. The van der Waals surface area contributed by atoms with Crippen molar-refractivity contribution in [1.82, 2.24) is 9.62 Å². The van der Waals surface area contributed by atoms with Crippen LogP contribution in [0.15, 0.2) is 83.4 Å². The Kier molecular flexibility index (Phi) is 12.7. The van der Waals surface area contributed by atoms with Crippen LogP contribution in [0.4, 0.5) is 10.5 Å². The monoisotopic (exact) mass is 638 g/mol. The molecule has 2 amide bonds. The van der Waals surface area contributed by atoms with Crippen molar-refractivity contribution in [1.29, 1.82) is 0 Å². The molecule has 0 saturated carbocycles. The van der Waals surface area contributed by atoms with Gasteiger partial charge in [-0.05, 0) is 122 Å². The lowest BCUT2D eigenvalue weighted by molar-refractivity contribution is 0.255. The molecule has 7 heteroatoms. The zero-order valence-corrected chi connectivity index (χ0v) is 29.2. The minimum absolute atomic E-state index is 0.503. The normalized spacial score (nSPS) is 18.3. The Bertz CT molecular complexity index is 1570. The first-order chi connectivity index (χ1) is 22.1. The van der Waals surface area contributed by atoms with E-state index in [1.807, 2.05) is 32.1 Å². The Balaban J connectivity index is 1.50. The molecule has 0 radical (unpaired) electrons. The fourth-order valence-electron chi connectivity index (χ4n) is 5.96. The highest BCUT2D eigenvalue weighted by molar-refractivity contribution is 7.92. The summed E-state index contributed by atoms with van der Waals surface area (Å²) in [5.41, 5.74) is 17.9. The number of urea groups is 1. The van der Waals surface area contributed by atoms with Gasteiger partial charge in [-0.25, -0.2) is 4.79 Å². The summed E-state index contributed by atoms with van der Waals surface area (Å²) < 4.78 is 15.7. The van der Waals surface area contributed by atoms with Crippen LogP contribution in [0.5, 0.6) is 0 Å². The van der Waals surface area contributed by atoms with Gasteiger partial charge in [-0.1, -0.05) is 61.9 Å². The summed E-state index contributed by atoms with van der Waals surface area (Å²) in [7, 11) is 1.66. The van der Waals surface area contributed by atoms with Crippen LogP contribution in [0.1, 0.15) is 80.7 Å². The van der Waals surface area contributed by atoms with Gasteiger partial charge in [0.25, 0.3) is 0 Å². The van der Waals surface area contributed by atoms with Crippen molar-refractivity contribution in [3.8, 4) is 11.1 Å². The second kappa shape index (κ2) is 16.7. The summed E-state index contributed by atoms with van der Waals surface area (Å²) in [6, 6.07) is 21.1. The number of amides is 2. The first-order valence-electron chi connectivity index (χ1n) is 16.4. The number of carbonyl (C=O) groups excluding carboxylic acids is 1. The first kappa shape index (κ1) is 35.1. The largest absolute Gasteiger partial charge is 0.593 e. The van der Waals surface area contributed by atoms with E-state index in [9.17, 15) is 9.35 Å². The van der Waals surface area contributed by atoms with Crippen molar-refractivity contribution in [2.45, 2.75) is 73.1 Å². The Morgan fingerprint density at radius 3 is 2.33 bits per heavy atom. The molecule has 6 nitrogen and oxygen atoms in total. The molecule has 0 unspecified atom stereocenters. The van der Waals surface area contributed by atoms with Crippen molar-refractivity contribution in [2.75, 3.05) is 25.0 Å². The molecule has 1 aliphatic heterocycles. The van der Waals surface area contributed by atoms with Gasteiger partial charge in [-0.3, -0.25) is 4.90 Å². The number of primary amides is 1. The van der Waals surface area contributed by atoms with E-state index in [2.05, 4.69) is 85.0 Å². The zero-order chi connectivity index (χ0) is 33.2. The second-order valence-corrected chi connectivity index (χ2v) is 13.6. The number of nitrogens with one attached hydrogen (secondary N) is 1. The third-order valence-corrected chi connectivity index (χ3v) is 10.0. The number of anilines is 1. The lowest BCUT2D eigenvalue weighted by Crippen LogP contribution is -2.32. The van der Waals surface area contributed by atoms with Crippen molar-refractivity contribution in [3.63, 3.8) is 0 Å². The molecule has 4 rings (SSSR count). The highest BCUT2D eigenvalue weighted by Gasteiger charge is 2.20. The topological polar surface area (TPSA) is 84.7 Å². The Hall–Kier alpha value is -3.78. The maximum atomic E-state index is 13.6. The quantitative estimate of drug-likeness (QED) is 0.241. The van der Waals surface area contributed by atoms with E-state index in [1.165, 1.54) is 38.4 Å². The maximum Gasteiger partial charge on any atom is 0.318 e. The number of hydrogen-bond acceptors (Lipinski definition) is 4.